The van der Waals surface area contributed by atoms with Gasteiger partial charge in [0.05, 0.1) is 6.61 Å². The summed E-state index contributed by atoms with van der Waals surface area (Å²) >= 11 is 0. The van der Waals surface area contributed by atoms with Crippen molar-refractivity contribution in [2.45, 2.75) is 47.5 Å². The van der Waals surface area contributed by atoms with Crippen molar-refractivity contribution in [3.63, 3.8) is 0 Å². The first kappa shape index (κ1) is 12.3. The van der Waals surface area contributed by atoms with Crippen LogP contribution in [0, 0.1) is 11.3 Å². The van der Waals surface area contributed by atoms with Crippen LogP contribution in [-0.2, 0) is 9.53 Å². The highest BCUT2D eigenvalue weighted by atomic mass is 16.5. The van der Waals surface area contributed by atoms with E-state index in [1.165, 1.54) is 18.4 Å². The van der Waals surface area contributed by atoms with E-state index in [0.29, 0.717) is 12.5 Å². The van der Waals surface area contributed by atoms with Crippen molar-refractivity contribution in [3.8, 4) is 0 Å². The van der Waals surface area contributed by atoms with Crippen LogP contribution in [0.3, 0.4) is 0 Å². The van der Waals surface area contributed by atoms with E-state index in [4.69, 9.17) is 4.74 Å². The standard InChI is InChI=1S/C13H22O2/c1-6-15-12(14)10(3)11-9(2)7-8-13(11,4)5/h9H,6-8H2,1-5H3/b11-10-. The Morgan fingerprint density at radius 3 is 2.53 bits per heavy atom. The fourth-order valence-electron chi connectivity index (χ4n) is 2.75. The molecule has 0 aromatic rings. The van der Waals surface area contributed by atoms with Gasteiger partial charge < -0.3 is 4.74 Å². The molecule has 1 aliphatic carbocycles. The number of carbonyl (C=O) groups is 1. The zero-order valence-corrected chi connectivity index (χ0v) is 10.5. The van der Waals surface area contributed by atoms with Gasteiger partial charge in [-0.2, -0.15) is 0 Å². The van der Waals surface area contributed by atoms with Gasteiger partial charge in [0.2, 0.25) is 0 Å². The Kier molecular flexibility index (Phi) is 3.58. The number of allylic oxidation sites excluding steroid dienone is 1. The largest absolute Gasteiger partial charge is 0.463 e. The second-order valence-corrected chi connectivity index (χ2v) is 5.08. The highest BCUT2D eigenvalue weighted by molar-refractivity contribution is 5.89. The zero-order valence-electron chi connectivity index (χ0n) is 10.5. The molecule has 86 valence electrons. The molecule has 0 amide bonds. The first-order chi connectivity index (χ1) is 6.90. The van der Waals surface area contributed by atoms with Crippen LogP contribution in [0.1, 0.15) is 47.5 Å². The number of ether oxygens (including phenoxy) is 1. The van der Waals surface area contributed by atoms with Crippen LogP contribution >= 0.6 is 0 Å². The monoisotopic (exact) mass is 210 g/mol. The maximum absolute atomic E-state index is 11.7. The van der Waals surface area contributed by atoms with Crippen molar-refractivity contribution in [2.75, 3.05) is 6.61 Å². The maximum atomic E-state index is 11.7. The second-order valence-electron chi connectivity index (χ2n) is 5.08. The summed E-state index contributed by atoms with van der Waals surface area (Å²) in [7, 11) is 0. The van der Waals surface area contributed by atoms with E-state index in [9.17, 15) is 4.79 Å². The average Bonchev–Trinajstić information content (AvgIpc) is 2.40. The van der Waals surface area contributed by atoms with Crippen LogP contribution in [0.15, 0.2) is 11.1 Å². The van der Waals surface area contributed by atoms with E-state index in [1.807, 2.05) is 13.8 Å². The van der Waals surface area contributed by atoms with E-state index >= 15 is 0 Å². The first-order valence-electron chi connectivity index (χ1n) is 5.78. The van der Waals surface area contributed by atoms with Crippen molar-refractivity contribution in [1.29, 1.82) is 0 Å². The predicted octanol–water partition coefficient (Wildman–Crippen LogP) is 3.32. The van der Waals surface area contributed by atoms with Gasteiger partial charge in [0.25, 0.3) is 0 Å². The minimum atomic E-state index is -0.144. The van der Waals surface area contributed by atoms with Crippen molar-refractivity contribution >= 4 is 5.97 Å². The molecule has 0 heterocycles. The van der Waals surface area contributed by atoms with Gasteiger partial charge in [0.1, 0.15) is 0 Å². The minimum Gasteiger partial charge on any atom is -0.463 e. The summed E-state index contributed by atoms with van der Waals surface area (Å²) in [5.41, 5.74) is 2.28. The number of esters is 1. The van der Waals surface area contributed by atoms with E-state index in [1.54, 1.807) is 0 Å². The molecule has 15 heavy (non-hydrogen) atoms. The lowest BCUT2D eigenvalue weighted by Crippen LogP contribution is -2.17. The Morgan fingerprint density at radius 1 is 1.53 bits per heavy atom. The molecule has 0 aliphatic heterocycles. The zero-order chi connectivity index (χ0) is 11.6. The van der Waals surface area contributed by atoms with E-state index in [2.05, 4.69) is 20.8 Å². The fraction of sp³-hybridized carbons (Fsp3) is 0.769. The fourth-order valence-corrected chi connectivity index (χ4v) is 2.75. The summed E-state index contributed by atoms with van der Waals surface area (Å²) in [4.78, 5) is 11.7. The summed E-state index contributed by atoms with van der Waals surface area (Å²) < 4.78 is 5.06. The molecule has 0 saturated heterocycles. The molecule has 0 radical (unpaired) electrons. The minimum absolute atomic E-state index is 0.144. The molecule has 2 heteroatoms. The van der Waals surface area contributed by atoms with E-state index in [-0.39, 0.29) is 11.4 Å². The Bertz CT molecular complexity index is 287. The lowest BCUT2D eigenvalue weighted by atomic mass is 9.82. The van der Waals surface area contributed by atoms with Crippen LogP contribution < -0.4 is 0 Å². The van der Waals surface area contributed by atoms with Gasteiger partial charge in [-0.1, -0.05) is 26.3 Å². The molecular formula is C13H22O2. The summed E-state index contributed by atoms with van der Waals surface area (Å²) in [5.74, 6) is 0.374. The van der Waals surface area contributed by atoms with Gasteiger partial charge in [0, 0.05) is 5.57 Å². The lowest BCUT2D eigenvalue weighted by molar-refractivity contribution is -0.138. The number of hydrogen-bond donors (Lipinski definition) is 0. The maximum Gasteiger partial charge on any atom is 0.333 e. The lowest BCUT2D eigenvalue weighted by Gasteiger charge is -2.23. The van der Waals surface area contributed by atoms with Crippen molar-refractivity contribution in [2.24, 2.45) is 11.3 Å². The summed E-state index contributed by atoms with van der Waals surface area (Å²) in [5, 5.41) is 0. The van der Waals surface area contributed by atoms with E-state index < -0.39 is 0 Å². The van der Waals surface area contributed by atoms with E-state index in [0.717, 1.165) is 5.57 Å². The second kappa shape index (κ2) is 4.38. The van der Waals surface area contributed by atoms with Gasteiger partial charge in [-0.3, -0.25) is 0 Å². The molecular weight excluding hydrogens is 188 g/mol. The Labute approximate surface area is 92.7 Å². The molecule has 0 spiro atoms. The van der Waals surface area contributed by atoms with Crippen molar-refractivity contribution < 1.29 is 9.53 Å². The van der Waals surface area contributed by atoms with Crippen molar-refractivity contribution in [1.82, 2.24) is 0 Å². The van der Waals surface area contributed by atoms with Crippen LogP contribution in [-0.4, -0.2) is 12.6 Å². The topological polar surface area (TPSA) is 26.3 Å². The quantitative estimate of drug-likeness (QED) is 0.516. The Morgan fingerprint density at radius 2 is 2.13 bits per heavy atom. The highest BCUT2D eigenvalue weighted by Gasteiger charge is 2.36. The molecule has 1 atom stereocenters. The average molecular weight is 210 g/mol. The van der Waals surface area contributed by atoms with Gasteiger partial charge in [-0.25, -0.2) is 4.79 Å². The smallest absolute Gasteiger partial charge is 0.333 e. The SMILES string of the molecule is CCOC(=O)/C(C)=C1/C(C)CCC1(C)C. The Hall–Kier alpha value is -0.790. The third-order valence-corrected chi connectivity index (χ3v) is 3.41. The van der Waals surface area contributed by atoms with Gasteiger partial charge in [-0.15, -0.1) is 0 Å². The molecule has 0 aromatic heterocycles. The molecule has 1 unspecified atom stereocenters. The van der Waals surface area contributed by atoms with Gasteiger partial charge >= 0.3 is 5.97 Å². The van der Waals surface area contributed by atoms with Crippen molar-refractivity contribution in [3.05, 3.63) is 11.1 Å². The molecule has 2 nitrogen and oxygen atoms in total. The Balaban J connectivity index is 3.00. The highest BCUT2D eigenvalue weighted by Crippen LogP contribution is 2.47. The number of hydrogen-bond acceptors (Lipinski definition) is 2. The third-order valence-electron chi connectivity index (χ3n) is 3.41. The van der Waals surface area contributed by atoms with Crippen LogP contribution in [0.2, 0.25) is 0 Å². The summed E-state index contributed by atoms with van der Waals surface area (Å²) in [6.07, 6.45) is 2.35. The van der Waals surface area contributed by atoms with Gasteiger partial charge in [0.15, 0.2) is 0 Å². The molecule has 1 fully saturated rings. The van der Waals surface area contributed by atoms with Crippen LogP contribution in [0.5, 0.6) is 0 Å². The third kappa shape index (κ3) is 2.42. The van der Waals surface area contributed by atoms with Crippen LogP contribution in [0.4, 0.5) is 0 Å². The molecule has 1 rings (SSSR count). The number of rotatable bonds is 2. The molecule has 0 aromatic carbocycles. The van der Waals surface area contributed by atoms with Crippen LogP contribution in [0.25, 0.3) is 0 Å². The summed E-state index contributed by atoms with van der Waals surface area (Å²) in [6, 6.07) is 0. The molecule has 0 bridgehead atoms. The number of carbonyl (C=O) groups excluding carboxylic acids is 1. The first-order valence-corrected chi connectivity index (χ1v) is 5.78. The molecule has 0 N–H and O–H groups in total. The predicted molar refractivity (Wildman–Crippen MR) is 61.5 cm³/mol. The molecule has 1 saturated carbocycles. The van der Waals surface area contributed by atoms with Gasteiger partial charge in [-0.05, 0) is 38.0 Å². The normalized spacial score (nSPS) is 27.7. The molecule has 1 aliphatic rings. The summed E-state index contributed by atoms with van der Waals surface area (Å²) in [6.45, 7) is 10.8.